The summed E-state index contributed by atoms with van der Waals surface area (Å²) in [5.41, 5.74) is 3.97. The van der Waals surface area contributed by atoms with Crippen molar-refractivity contribution in [2.45, 2.75) is 6.18 Å². The van der Waals surface area contributed by atoms with Crippen LogP contribution >= 0.6 is 11.6 Å². The third kappa shape index (κ3) is 2.62. The molecular formula is C12H9ClF3N3O. The van der Waals surface area contributed by atoms with E-state index in [2.05, 4.69) is 9.97 Å². The highest BCUT2D eigenvalue weighted by Crippen LogP contribution is 2.42. The molecular weight excluding hydrogens is 295 g/mol. The largest absolute Gasteiger partial charge is 0.496 e. The molecule has 0 saturated carbocycles. The van der Waals surface area contributed by atoms with Crippen molar-refractivity contribution >= 4 is 17.5 Å². The highest BCUT2D eigenvalue weighted by Gasteiger charge is 2.39. The zero-order valence-electron chi connectivity index (χ0n) is 10.2. The van der Waals surface area contributed by atoms with Gasteiger partial charge < -0.3 is 10.5 Å². The predicted molar refractivity (Wildman–Crippen MR) is 68.4 cm³/mol. The van der Waals surface area contributed by atoms with E-state index in [4.69, 9.17) is 22.1 Å². The Labute approximate surface area is 117 Å². The summed E-state index contributed by atoms with van der Waals surface area (Å²) in [5, 5.41) is -0.745. The molecule has 4 nitrogen and oxygen atoms in total. The number of hydrogen-bond donors (Lipinski definition) is 1. The van der Waals surface area contributed by atoms with E-state index in [0.717, 1.165) is 0 Å². The number of nitrogen functional groups attached to an aromatic ring is 1. The lowest BCUT2D eigenvalue weighted by Gasteiger charge is -2.15. The van der Waals surface area contributed by atoms with E-state index in [1.165, 1.54) is 19.2 Å². The van der Waals surface area contributed by atoms with Gasteiger partial charge in [0.05, 0.1) is 12.8 Å². The smallest absolute Gasteiger partial charge is 0.421 e. The number of halogens is 4. The van der Waals surface area contributed by atoms with E-state index < -0.39 is 22.6 Å². The molecule has 1 heterocycles. The first kappa shape index (κ1) is 14.4. The Morgan fingerprint density at radius 2 is 1.85 bits per heavy atom. The van der Waals surface area contributed by atoms with Crippen LogP contribution in [0.2, 0.25) is 5.15 Å². The Hall–Kier alpha value is -2.02. The third-order valence-corrected chi connectivity index (χ3v) is 2.80. The van der Waals surface area contributed by atoms with Crippen molar-refractivity contribution < 1.29 is 17.9 Å². The first-order chi connectivity index (χ1) is 9.34. The fourth-order valence-electron chi connectivity index (χ4n) is 1.74. The van der Waals surface area contributed by atoms with Crippen molar-refractivity contribution in [1.29, 1.82) is 0 Å². The van der Waals surface area contributed by atoms with Gasteiger partial charge in [-0.25, -0.2) is 9.97 Å². The fraction of sp³-hybridized carbons (Fsp3) is 0.167. The monoisotopic (exact) mass is 303 g/mol. The molecule has 0 fully saturated rings. The van der Waals surface area contributed by atoms with E-state index in [-0.39, 0.29) is 17.3 Å². The quantitative estimate of drug-likeness (QED) is 0.864. The van der Waals surface area contributed by atoms with Crippen LogP contribution in [0.4, 0.5) is 19.1 Å². The summed E-state index contributed by atoms with van der Waals surface area (Å²) in [6.07, 6.45) is -4.71. The molecule has 0 unspecified atom stereocenters. The Morgan fingerprint density at radius 3 is 2.45 bits per heavy atom. The van der Waals surface area contributed by atoms with Gasteiger partial charge in [0.2, 0.25) is 5.95 Å². The molecule has 2 aromatic rings. The molecule has 0 aliphatic carbocycles. The molecule has 0 aliphatic heterocycles. The number of rotatable bonds is 2. The number of anilines is 1. The van der Waals surface area contributed by atoms with Gasteiger partial charge >= 0.3 is 6.18 Å². The van der Waals surface area contributed by atoms with Crippen LogP contribution in [0.1, 0.15) is 5.56 Å². The van der Waals surface area contributed by atoms with E-state index in [1.54, 1.807) is 12.1 Å². The maximum Gasteiger partial charge on any atom is 0.421 e. The van der Waals surface area contributed by atoms with E-state index in [9.17, 15) is 13.2 Å². The fourth-order valence-corrected chi connectivity index (χ4v) is 2.02. The molecule has 0 atom stereocenters. The Bertz CT molecular complexity index is 646. The lowest BCUT2D eigenvalue weighted by Crippen LogP contribution is -2.13. The first-order valence-electron chi connectivity index (χ1n) is 5.38. The highest BCUT2D eigenvalue weighted by molar-refractivity contribution is 6.30. The van der Waals surface area contributed by atoms with Gasteiger partial charge in [0.1, 0.15) is 16.5 Å². The van der Waals surface area contributed by atoms with E-state index >= 15 is 0 Å². The van der Waals surface area contributed by atoms with Gasteiger partial charge in [0, 0.05) is 5.56 Å². The van der Waals surface area contributed by atoms with Crippen molar-refractivity contribution in [2.24, 2.45) is 0 Å². The minimum atomic E-state index is -4.71. The molecule has 0 bridgehead atoms. The van der Waals surface area contributed by atoms with Gasteiger partial charge in [-0.1, -0.05) is 23.7 Å². The van der Waals surface area contributed by atoms with Crippen molar-refractivity contribution in [3.05, 3.63) is 35.0 Å². The van der Waals surface area contributed by atoms with Gasteiger partial charge in [-0.2, -0.15) is 13.2 Å². The van der Waals surface area contributed by atoms with Gasteiger partial charge in [-0.15, -0.1) is 0 Å². The number of benzene rings is 1. The van der Waals surface area contributed by atoms with Gasteiger partial charge in [-0.3, -0.25) is 0 Å². The van der Waals surface area contributed by atoms with Crippen LogP contribution in [-0.2, 0) is 6.18 Å². The summed E-state index contributed by atoms with van der Waals surface area (Å²) in [5.74, 6) is -0.115. The minimum Gasteiger partial charge on any atom is -0.496 e. The number of nitrogens with two attached hydrogens (primary N) is 1. The van der Waals surface area contributed by atoms with Crippen molar-refractivity contribution in [1.82, 2.24) is 9.97 Å². The summed E-state index contributed by atoms with van der Waals surface area (Å²) in [6, 6.07) is 6.14. The molecule has 2 N–H and O–H groups in total. The summed E-state index contributed by atoms with van der Waals surface area (Å²) >= 11 is 5.57. The number of ether oxygens (including phenoxy) is 1. The number of methoxy groups -OCH3 is 1. The third-order valence-electron chi connectivity index (χ3n) is 2.53. The topological polar surface area (TPSA) is 61.0 Å². The van der Waals surface area contributed by atoms with Crippen LogP contribution in [-0.4, -0.2) is 17.1 Å². The molecule has 8 heteroatoms. The number of para-hydroxylation sites is 1. The highest BCUT2D eigenvalue weighted by atomic mass is 35.5. The normalized spacial score (nSPS) is 11.4. The number of nitrogens with zero attached hydrogens (tertiary/aromatic N) is 2. The molecule has 0 aliphatic rings. The molecule has 0 saturated heterocycles. The van der Waals surface area contributed by atoms with Crippen LogP contribution in [0.5, 0.6) is 5.75 Å². The van der Waals surface area contributed by atoms with Crippen LogP contribution in [0.3, 0.4) is 0 Å². The second-order valence-corrected chi connectivity index (χ2v) is 4.15. The van der Waals surface area contributed by atoms with Gasteiger partial charge in [-0.05, 0) is 12.1 Å². The van der Waals surface area contributed by atoms with Crippen molar-refractivity contribution in [3.63, 3.8) is 0 Å². The SMILES string of the molecule is COc1ccccc1-c1nc(N)nc(Cl)c1C(F)(F)F. The zero-order valence-corrected chi connectivity index (χ0v) is 11.0. The Balaban J connectivity index is 2.79. The van der Waals surface area contributed by atoms with Crippen LogP contribution in [0.15, 0.2) is 24.3 Å². The summed E-state index contributed by atoms with van der Waals surface area (Å²) < 4.78 is 44.4. The molecule has 0 radical (unpaired) electrons. The van der Waals surface area contributed by atoms with Gasteiger partial charge in [0.25, 0.3) is 0 Å². The predicted octanol–water partition coefficient (Wildman–Crippen LogP) is 3.41. The second-order valence-electron chi connectivity index (χ2n) is 3.79. The summed E-state index contributed by atoms with van der Waals surface area (Å²) in [4.78, 5) is 7.01. The van der Waals surface area contributed by atoms with E-state index in [0.29, 0.717) is 0 Å². The molecule has 1 aromatic heterocycles. The first-order valence-corrected chi connectivity index (χ1v) is 5.76. The number of alkyl halides is 3. The number of hydrogen-bond acceptors (Lipinski definition) is 4. The minimum absolute atomic E-state index is 0.137. The molecule has 2 rings (SSSR count). The second kappa shape index (κ2) is 5.16. The standard InChI is InChI=1S/C12H9ClF3N3O/c1-20-7-5-3-2-4-6(7)9-8(12(14,15)16)10(13)19-11(17)18-9/h2-5H,1H3,(H2,17,18,19). The maximum atomic E-state index is 13.1. The lowest BCUT2D eigenvalue weighted by molar-refractivity contribution is -0.137. The van der Waals surface area contributed by atoms with Crippen molar-refractivity contribution in [2.75, 3.05) is 12.8 Å². The summed E-state index contributed by atoms with van der Waals surface area (Å²) in [7, 11) is 1.35. The average Bonchev–Trinajstić information content (AvgIpc) is 2.36. The van der Waals surface area contributed by atoms with Crippen molar-refractivity contribution in [3.8, 4) is 17.0 Å². The number of aromatic nitrogens is 2. The van der Waals surface area contributed by atoms with Crippen LogP contribution < -0.4 is 10.5 Å². The van der Waals surface area contributed by atoms with Gasteiger partial charge in [0.15, 0.2) is 0 Å². The molecule has 0 spiro atoms. The Morgan fingerprint density at radius 1 is 1.20 bits per heavy atom. The lowest BCUT2D eigenvalue weighted by atomic mass is 10.1. The maximum absolute atomic E-state index is 13.1. The van der Waals surface area contributed by atoms with E-state index in [1.807, 2.05) is 0 Å². The molecule has 1 aromatic carbocycles. The Kier molecular flexibility index (Phi) is 3.71. The zero-order chi connectivity index (χ0) is 14.9. The van der Waals surface area contributed by atoms with Crippen LogP contribution in [0, 0.1) is 0 Å². The molecule has 106 valence electrons. The average molecular weight is 304 g/mol. The molecule has 0 amide bonds. The van der Waals surface area contributed by atoms with Crippen LogP contribution in [0.25, 0.3) is 11.3 Å². The molecule has 20 heavy (non-hydrogen) atoms. The summed E-state index contributed by atoms with van der Waals surface area (Å²) in [6.45, 7) is 0.